The summed E-state index contributed by atoms with van der Waals surface area (Å²) in [7, 11) is 0. The molecule has 1 aliphatic rings. The van der Waals surface area contributed by atoms with Gasteiger partial charge in [0.05, 0.1) is 12.6 Å². The second-order valence-corrected chi connectivity index (χ2v) is 10.6. The molecule has 2 aromatic carbocycles. The number of rotatable bonds is 6. The number of carbonyl (C=O) groups excluding carboxylic acids is 1. The van der Waals surface area contributed by atoms with E-state index >= 15 is 0 Å². The van der Waals surface area contributed by atoms with E-state index in [0.717, 1.165) is 35.9 Å². The third kappa shape index (κ3) is 6.20. The summed E-state index contributed by atoms with van der Waals surface area (Å²) >= 11 is 0. The lowest BCUT2D eigenvalue weighted by molar-refractivity contribution is 0.0120. The molecule has 1 unspecified atom stereocenters. The second kappa shape index (κ2) is 10.6. The number of nitrogens with zero attached hydrogens (tertiary/aromatic N) is 1. The molecule has 0 aliphatic carbocycles. The topological polar surface area (TPSA) is 54.6 Å². The Kier molecular flexibility index (Phi) is 7.62. The van der Waals surface area contributed by atoms with Gasteiger partial charge in [-0.15, -0.1) is 0 Å². The molecular weight excluding hydrogens is 424 g/mol. The fourth-order valence-electron chi connectivity index (χ4n) is 4.93. The number of H-pyrrole nitrogens is 1. The molecule has 0 spiro atoms. The number of para-hydroxylation sites is 1. The quantitative estimate of drug-likeness (QED) is 0.425. The summed E-state index contributed by atoms with van der Waals surface area (Å²) in [6, 6.07) is 20.7. The number of hydrogen-bond donors (Lipinski definition) is 1. The van der Waals surface area contributed by atoms with Crippen molar-refractivity contribution in [1.29, 1.82) is 0 Å². The smallest absolute Gasteiger partial charge is 0.410 e. The third-order valence-electron chi connectivity index (χ3n) is 6.63. The predicted octanol–water partition coefficient (Wildman–Crippen LogP) is 7.10. The van der Waals surface area contributed by atoms with E-state index in [-0.39, 0.29) is 12.1 Å². The molecule has 5 heteroatoms. The monoisotopic (exact) mass is 462 g/mol. The van der Waals surface area contributed by atoms with E-state index < -0.39 is 5.60 Å². The first-order chi connectivity index (χ1) is 16.3. The van der Waals surface area contributed by atoms with E-state index in [1.54, 1.807) is 0 Å². The molecule has 1 aliphatic heterocycles. The van der Waals surface area contributed by atoms with Crippen LogP contribution in [0.5, 0.6) is 0 Å². The zero-order valence-corrected chi connectivity index (χ0v) is 20.9. The number of hydrogen-bond acceptors (Lipinski definition) is 3. The van der Waals surface area contributed by atoms with E-state index in [2.05, 4.69) is 42.2 Å². The highest BCUT2D eigenvalue weighted by atomic mass is 16.6. The summed E-state index contributed by atoms with van der Waals surface area (Å²) in [5.74, 6) is 0.768. The van der Waals surface area contributed by atoms with Crippen LogP contribution >= 0.6 is 0 Å². The minimum Gasteiger partial charge on any atom is -0.444 e. The molecule has 3 atom stereocenters. The van der Waals surface area contributed by atoms with Crippen molar-refractivity contribution in [2.45, 2.75) is 65.2 Å². The standard InChI is InChI=1S/C29H38N2O3/c1-5-21-15-23(20-33-19-22-11-7-6-8-12-22)16-27(31(18-21)28(32)34-29(2,3)4)26-17-24-13-9-10-14-25(24)30-26/h6-14,17,21,23,27,30H,5,15-16,18-20H2,1-4H3/t21-,23-,27?/m1/s1. The van der Waals surface area contributed by atoms with Crippen molar-refractivity contribution in [2.75, 3.05) is 13.2 Å². The van der Waals surface area contributed by atoms with Gasteiger partial charge < -0.3 is 14.5 Å². The summed E-state index contributed by atoms with van der Waals surface area (Å²) < 4.78 is 12.0. The summed E-state index contributed by atoms with van der Waals surface area (Å²) in [6.07, 6.45) is 2.67. The van der Waals surface area contributed by atoms with Gasteiger partial charge in [-0.1, -0.05) is 61.9 Å². The van der Waals surface area contributed by atoms with Crippen LogP contribution in [0.3, 0.4) is 0 Å². The highest BCUT2D eigenvalue weighted by Gasteiger charge is 2.37. The van der Waals surface area contributed by atoms with Crippen molar-refractivity contribution in [1.82, 2.24) is 9.88 Å². The molecule has 1 amide bonds. The Morgan fingerprint density at radius 1 is 1.03 bits per heavy atom. The van der Waals surface area contributed by atoms with Crippen molar-refractivity contribution in [3.05, 3.63) is 71.9 Å². The maximum absolute atomic E-state index is 13.4. The van der Waals surface area contributed by atoms with Gasteiger partial charge in [-0.05, 0) is 68.5 Å². The Morgan fingerprint density at radius 3 is 2.47 bits per heavy atom. The van der Waals surface area contributed by atoms with Gasteiger partial charge in [-0.2, -0.15) is 0 Å². The average Bonchev–Trinajstić information content (AvgIpc) is 3.14. The van der Waals surface area contributed by atoms with Crippen LogP contribution in [0.4, 0.5) is 4.79 Å². The van der Waals surface area contributed by atoms with Crippen molar-refractivity contribution < 1.29 is 14.3 Å². The van der Waals surface area contributed by atoms with E-state index in [1.165, 1.54) is 5.56 Å². The van der Waals surface area contributed by atoms with Gasteiger partial charge in [0, 0.05) is 24.4 Å². The minimum absolute atomic E-state index is 0.0795. The number of aromatic nitrogens is 1. The van der Waals surface area contributed by atoms with Gasteiger partial charge >= 0.3 is 6.09 Å². The molecule has 34 heavy (non-hydrogen) atoms. The first-order valence-electron chi connectivity index (χ1n) is 12.5. The number of amides is 1. The largest absolute Gasteiger partial charge is 0.444 e. The van der Waals surface area contributed by atoms with Crippen LogP contribution in [0.15, 0.2) is 60.7 Å². The van der Waals surface area contributed by atoms with Crippen molar-refractivity contribution in [3.63, 3.8) is 0 Å². The van der Waals surface area contributed by atoms with E-state index in [4.69, 9.17) is 9.47 Å². The van der Waals surface area contributed by atoms with Gasteiger partial charge in [0.1, 0.15) is 5.60 Å². The van der Waals surface area contributed by atoms with Gasteiger partial charge in [0.25, 0.3) is 0 Å². The third-order valence-corrected chi connectivity index (χ3v) is 6.63. The minimum atomic E-state index is -0.533. The average molecular weight is 463 g/mol. The Bertz CT molecular complexity index is 1040. The maximum atomic E-state index is 13.4. The first-order valence-corrected chi connectivity index (χ1v) is 12.5. The van der Waals surface area contributed by atoms with Crippen LogP contribution in [0, 0.1) is 11.8 Å². The summed E-state index contributed by atoms with van der Waals surface area (Å²) in [6.45, 7) is 9.99. The highest BCUT2D eigenvalue weighted by molar-refractivity contribution is 5.80. The maximum Gasteiger partial charge on any atom is 0.410 e. The highest BCUT2D eigenvalue weighted by Crippen LogP contribution is 2.38. The van der Waals surface area contributed by atoms with Crippen molar-refractivity contribution >= 4 is 17.0 Å². The number of benzene rings is 2. The molecule has 182 valence electrons. The van der Waals surface area contributed by atoms with Crippen LogP contribution in [0.2, 0.25) is 0 Å². The SMILES string of the molecule is CC[C@@H]1C[C@@H](COCc2ccccc2)CC(c2cc3ccccc3[nH]2)N(C(=O)OC(C)(C)C)C1. The molecule has 0 saturated carbocycles. The van der Waals surface area contributed by atoms with Gasteiger partial charge in [0.15, 0.2) is 0 Å². The molecule has 4 rings (SSSR count). The molecule has 3 aromatic rings. The lowest BCUT2D eigenvalue weighted by Gasteiger charge is -2.33. The molecule has 0 radical (unpaired) electrons. The molecule has 1 saturated heterocycles. The Labute approximate surface area is 203 Å². The normalized spacial score (nSPS) is 21.4. The fourth-order valence-corrected chi connectivity index (χ4v) is 4.93. The van der Waals surface area contributed by atoms with E-state index in [1.807, 2.05) is 56.0 Å². The lowest BCUT2D eigenvalue weighted by atomic mass is 9.90. The Hall–Kier alpha value is -2.79. The number of ether oxygens (including phenoxy) is 2. The second-order valence-electron chi connectivity index (χ2n) is 10.6. The first kappa shape index (κ1) is 24.3. The number of nitrogens with one attached hydrogen (secondary N) is 1. The number of carbonyl (C=O) groups is 1. The van der Waals surface area contributed by atoms with Crippen LogP contribution in [-0.2, 0) is 16.1 Å². The van der Waals surface area contributed by atoms with Crippen LogP contribution in [0.25, 0.3) is 10.9 Å². The van der Waals surface area contributed by atoms with E-state index in [0.29, 0.717) is 31.6 Å². The number of fused-ring (bicyclic) bond motifs is 1. The zero-order chi connectivity index (χ0) is 24.1. The fraction of sp³-hybridized carbons (Fsp3) is 0.483. The predicted molar refractivity (Wildman–Crippen MR) is 137 cm³/mol. The summed E-state index contributed by atoms with van der Waals surface area (Å²) in [5.41, 5.74) is 2.81. The van der Waals surface area contributed by atoms with Crippen LogP contribution in [0.1, 0.15) is 64.3 Å². The summed E-state index contributed by atoms with van der Waals surface area (Å²) in [4.78, 5) is 18.9. The zero-order valence-electron chi connectivity index (χ0n) is 20.9. The molecule has 2 heterocycles. The van der Waals surface area contributed by atoms with Gasteiger partial charge in [0.2, 0.25) is 0 Å². The Balaban J connectivity index is 1.59. The lowest BCUT2D eigenvalue weighted by Crippen LogP contribution is -2.41. The van der Waals surface area contributed by atoms with Crippen LogP contribution < -0.4 is 0 Å². The molecule has 0 bridgehead atoms. The molecule has 1 N–H and O–H groups in total. The van der Waals surface area contributed by atoms with E-state index in [9.17, 15) is 4.79 Å². The molecule has 1 fully saturated rings. The number of aromatic amines is 1. The Morgan fingerprint density at radius 2 is 1.76 bits per heavy atom. The summed E-state index contributed by atoms with van der Waals surface area (Å²) in [5, 5.41) is 1.16. The number of likely N-dealkylation sites (tertiary alicyclic amines) is 1. The van der Waals surface area contributed by atoms with Crippen molar-refractivity contribution in [3.8, 4) is 0 Å². The van der Waals surface area contributed by atoms with Crippen LogP contribution in [-0.4, -0.2) is 34.7 Å². The molecular formula is C29H38N2O3. The molecule has 5 nitrogen and oxygen atoms in total. The van der Waals surface area contributed by atoms with Gasteiger partial charge in [-0.3, -0.25) is 4.90 Å². The molecule has 1 aromatic heterocycles. The van der Waals surface area contributed by atoms with Crippen molar-refractivity contribution in [2.24, 2.45) is 11.8 Å². The van der Waals surface area contributed by atoms with Gasteiger partial charge in [-0.25, -0.2) is 4.79 Å².